The van der Waals surface area contributed by atoms with Gasteiger partial charge in [-0.1, -0.05) is 54.1 Å². The van der Waals surface area contributed by atoms with Crippen LogP contribution in [0, 0.1) is 6.92 Å². The van der Waals surface area contributed by atoms with Gasteiger partial charge in [0.25, 0.3) is 0 Å². The highest BCUT2D eigenvalue weighted by molar-refractivity contribution is 7.52. The molecule has 4 rings (SSSR count). The molecule has 0 bridgehead atoms. The molecule has 0 aliphatic rings. The molecule has 0 aliphatic heterocycles. The molecule has 3 N–H and O–H groups in total. The van der Waals surface area contributed by atoms with Crippen LogP contribution in [0.3, 0.4) is 0 Å². The number of rotatable bonds is 6. The van der Waals surface area contributed by atoms with E-state index in [1.165, 1.54) is 17.7 Å². The van der Waals surface area contributed by atoms with E-state index in [1.54, 1.807) is 0 Å². The predicted octanol–water partition coefficient (Wildman–Crippen LogP) is 5.48. The molecule has 0 fully saturated rings. The van der Waals surface area contributed by atoms with Crippen molar-refractivity contribution in [1.29, 1.82) is 0 Å². The number of hydrogen-bond acceptors (Lipinski definition) is 5. The quantitative estimate of drug-likeness (QED) is 0.330. The molecule has 0 saturated heterocycles. The lowest BCUT2D eigenvalue weighted by molar-refractivity contribution is 0.361. The highest BCUT2D eigenvalue weighted by atomic mass is 35.5. The minimum absolute atomic E-state index is 0.168. The molecule has 9 heteroatoms. The predicted molar refractivity (Wildman–Crippen MR) is 122 cm³/mol. The lowest BCUT2D eigenvalue weighted by Gasteiger charge is -2.20. The molecule has 0 aliphatic carbocycles. The fourth-order valence-electron chi connectivity index (χ4n) is 3.11. The van der Waals surface area contributed by atoms with Crippen molar-refractivity contribution < 1.29 is 14.4 Å². The van der Waals surface area contributed by atoms with Gasteiger partial charge in [-0.25, -0.2) is 9.97 Å². The van der Waals surface area contributed by atoms with Crippen LogP contribution in [-0.4, -0.2) is 25.5 Å². The Morgan fingerprint density at radius 3 is 2.60 bits per heavy atom. The van der Waals surface area contributed by atoms with Crippen molar-refractivity contribution in [3.63, 3.8) is 0 Å². The number of aryl methyl sites for hydroxylation is 1. The molecule has 0 unspecified atom stereocenters. The average molecular weight is 460 g/mol. The third-order valence-electron chi connectivity index (χ3n) is 4.77. The molecule has 154 valence electrons. The van der Waals surface area contributed by atoms with E-state index in [2.05, 4.69) is 15.3 Å². The number of thiophene rings is 1. The van der Waals surface area contributed by atoms with Crippen molar-refractivity contribution in [3.8, 4) is 10.4 Å². The molecule has 0 spiro atoms. The average Bonchev–Trinajstić information content (AvgIpc) is 3.15. The number of nitrogens with zero attached hydrogens (tertiary/aromatic N) is 2. The molecular formula is C21H19ClN3O3PS. The van der Waals surface area contributed by atoms with Crippen molar-refractivity contribution in [2.24, 2.45) is 0 Å². The molecule has 0 amide bonds. The van der Waals surface area contributed by atoms with Crippen LogP contribution in [0.25, 0.3) is 20.7 Å². The van der Waals surface area contributed by atoms with Crippen molar-refractivity contribution in [2.75, 3.05) is 5.32 Å². The normalized spacial score (nSPS) is 12.8. The number of anilines is 1. The van der Waals surface area contributed by atoms with Gasteiger partial charge in [0, 0.05) is 16.3 Å². The summed E-state index contributed by atoms with van der Waals surface area (Å²) in [4.78, 5) is 30.1. The fraction of sp³-hybridized carbons (Fsp3) is 0.143. The van der Waals surface area contributed by atoms with Crippen molar-refractivity contribution in [1.82, 2.24) is 9.97 Å². The zero-order valence-electron chi connectivity index (χ0n) is 16.0. The van der Waals surface area contributed by atoms with Gasteiger partial charge in [-0.3, -0.25) is 4.57 Å². The first-order chi connectivity index (χ1) is 14.3. The molecule has 4 aromatic rings. The maximum absolute atomic E-state index is 12.1. The summed E-state index contributed by atoms with van der Waals surface area (Å²) in [7, 11) is -4.43. The van der Waals surface area contributed by atoms with E-state index in [-0.39, 0.29) is 6.42 Å². The minimum atomic E-state index is -4.43. The Kier molecular flexibility index (Phi) is 5.91. The van der Waals surface area contributed by atoms with Gasteiger partial charge in [-0.2, -0.15) is 0 Å². The number of hydrogen-bond donors (Lipinski definition) is 3. The van der Waals surface area contributed by atoms with E-state index in [4.69, 9.17) is 11.6 Å². The van der Waals surface area contributed by atoms with Crippen molar-refractivity contribution >= 4 is 46.6 Å². The summed E-state index contributed by atoms with van der Waals surface area (Å²) in [5, 5.41) is 4.35. The van der Waals surface area contributed by atoms with Crippen LogP contribution < -0.4 is 5.32 Å². The van der Waals surface area contributed by atoms with Gasteiger partial charge in [-0.15, -0.1) is 11.3 Å². The van der Waals surface area contributed by atoms with Crippen molar-refractivity contribution in [2.45, 2.75) is 19.1 Å². The van der Waals surface area contributed by atoms with Crippen LogP contribution in [-0.2, 0) is 11.0 Å². The zero-order valence-corrected chi connectivity index (χ0v) is 18.5. The lowest BCUT2D eigenvalue weighted by Crippen LogP contribution is -2.23. The maximum atomic E-state index is 12.1. The molecular weight excluding hydrogens is 441 g/mol. The number of nitrogens with one attached hydrogen (secondary N) is 1. The number of aromatic nitrogens is 2. The van der Waals surface area contributed by atoms with Gasteiger partial charge >= 0.3 is 7.60 Å². The molecule has 0 radical (unpaired) electrons. The van der Waals surface area contributed by atoms with Gasteiger partial charge in [0.15, 0.2) is 0 Å². The van der Waals surface area contributed by atoms with E-state index in [0.717, 1.165) is 26.4 Å². The fourth-order valence-corrected chi connectivity index (χ4v) is 5.02. The minimum Gasteiger partial charge on any atom is -0.355 e. The maximum Gasteiger partial charge on any atom is 0.347 e. The van der Waals surface area contributed by atoms with Crippen molar-refractivity contribution in [3.05, 3.63) is 77.1 Å². The van der Waals surface area contributed by atoms with E-state index in [1.807, 2.05) is 61.5 Å². The summed E-state index contributed by atoms with van der Waals surface area (Å²) in [6.45, 7) is 1.94. The Hall–Kier alpha value is -2.28. The van der Waals surface area contributed by atoms with Gasteiger partial charge < -0.3 is 15.1 Å². The molecule has 2 aromatic carbocycles. The Morgan fingerprint density at radius 2 is 1.90 bits per heavy atom. The van der Waals surface area contributed by atoms with Crippen LogP contribution in [0.2, 0.25) is 5.02 Å². The Bertz CT molecular complexity index is 1240. The van der Waals surface area contributed by atoms with Gasteiger partial charge in [0.05, 0.1) is 5.39 Å². The second-order valence-electron chi connectivity index (χ2n) is 6.95. The first kappa shape index (κ1) is 21.0. The van der Waals surface area contributed by atoms with Crippen LogP contribution in [0.1, 0.15) is 11.1 Å². The monoisotopic (exact) mass is 459 g/mol. The van der Waals surface area contributed by atoms with Crippen LogP contribution in [0.4, 0.5) is 5.82 Å². The molecule has 2 heterocycles. The second kappa shape index (κ2) is 8.46. The lowest BCUT2D eigenvalue weighted by atomic mass is 10.1. The summed E-state index contributed by atoms with van der Waals surface area (Å²) in [5.41, 5.74) is 2.77. The molecule has 0 saturated carbocycles. The summed E-state index contributed by atoms with van der Waals surface area (Å²) >= 11 is 7.74. The SMILES string of the molecule is Cc1ccc(-c2cc3c(N[C@H](Cc4ccccc4)P(=O)(O)O)ncnc3s2)cc1Cl. The third-order valence-corrected chi connectivity index (χ3v) is 7.39. The first-order valence-electron chi connectivity index (χ1n) is 9.18. The molecule has 6 nitrogen and oxygen atoms in total. The highest BCUT2D eigenvalue weighted by Gasteiger charge is 2.30. The van der Waals surface area contributed by atoms with Crippen LogP contribution >= 0.6 is 30.5 Å². The molecule has 30 heavy (non-hydrogen) atoms. The summed E-state index contributed by atoms with van der Waals surface area (Å²) in [6.07, 6.45) is 1.56. The highest BCUT2D eigenvalue weighted by Crippen LogP contribution is 2.44. The third kappa shape index (κ3) is 4.56. The van der Waals surface area contributed by atoms with E-state index in [9.17, 15) is 14.4 Å². The van der Waals surface area contributed by atoms with Crippen LogP contribution in [0.5, 0.6) is 0 Å². The largest absolute Gasteiger partial charge is 0.355 e. The number of benzene rings is 2. The smallest absolute Gasteiger partial charge is 0.347 e. The van der Waals surface area contributed by atoms with Gasteiger partial charge in [0.2, 0.25) is 0 Å². The Morgan fingerprint density at radius 1 is 1.13 bits per heavy atom. The summed E-state index contributed by atoms with van der Waals surface area (Å²) in [6, 6.07) is 17.0. The summed E-state index contributed by atoms with van der Waals surface area (Å²) in [5.74, 6) is -0.708. The van der Waals surface area contributed by atoms with E-state index < -0.39 is 13.4 Å². The zero-order chi connectivity index (χ0) is 21.3. The number of fused-ring (bicyclic) bond motifs is 1. The second-order valence-corrected chi connectivity index (χ2v) is 10.2. The Labute approximate surface area is 182 Å². The topological polar surface area (TPSA) is 95.3 Å². The molecule has 2 aromatic heterocycles. The van der Waals surface area contributed by atoms with Gasteiger partial charge in [0.1, 0.15) is 22.8 Å². The van der Waals surface area contributed by atoms with E-state index in [0.29, 0.717) is 16.2 Å². The van der Waals surface area contributed by atoms with Crippen LogP contribution in [0.15, 0.2) is 60.9 Å². The molecule has 1 atom stereocenters. The first-order valence-corrected chi connectivity index (χ1v) is 12.1. The number of halogens is 1. The van der Waals surface area contributed by atoms with E-state index >= 15 is 0 Å². The summed E-state index contributed by atoms with van der Waals surface area (Å²) < 4.78 is 12.1. The van der Waals surface area contributed by atoms with Gasteiger partial charge in [-0.05, 0) is 35.7 Å². The Balaban J connectivity index is 1.70. The standard InChI is InChI=1S/C21H19ClN3O3PS/c1-13-7-8-15(10-17(13)22)18-11-16-20(23-12-24-21(16)30-18)25-19(29(26,27)28)9-14-5-3-2-4-6-14/h2-8,10-12,19H,9H2,1H3,(H,23,24,25)(H2,26,27,28)/t19-/m0/s1.